The molecule has 0 fully saturated rings. The van der Waals surface area contributed by atoms with E-state index in [1.165, 1.54) is 12.8 Å². The molecule has 0 unspecified atom stereocenters. The summed E-state index contributed by atoms with van der Waals surface area (Å²) in [5, 5.41) is 3.27. The normalized spacial score (nSPS) is 10.8. The number of unbranched alkanes of at least 4 members (excludes halogenated alkanes) is 1. The summed E-state index contributed by atoms with van der Waals surface area (Å²) in [7, 11) is 0. The first-order valence-corrected chi connectivity index (χ1v) is 6.13. The fourth-order valence-corrected chi connectivity index (χ4v) is 1.04. The maximum atomic E-state index is 11.1. The molecule has 16 heavy (non-hydrogen) atoms. The Kier molecular flexibility index (Phi) is 10.5. The molecule has 0 atom stereocenters. The Hall–Kier alpha value is -0.610. The summed E-state index contributed by atoms with van der Waals surface area (Å²) in [6.45, 7) is 9.21. The van der Waals surface area contributed by atoms with Crippen molar-refractivity contribution in [3.63, 3.8) is 0 Å². The third kappa shape index (κ3) is 9.93. The summed E-state index contributed by atoms with van der Waals surface area (Å²) in [6, 6.07) is 0. The van der Waals surface area contributed by atoms with E-state index in [9.17, 15) is 4.79 Å². The Morgan fingerprint density at radius 1 is 1.19 bits per heavy atom. The lowest BCUT2D eigenvalue weighted by atomic mass is 10.2. The molecule has 0 saturated heterocycles. The van der Waals surface area contributed by atoms with Crippen LogP contribution in [0.25, 0.3) is 0 Å². The Morgan fingerprint density at radius 2 is 1.94 bits per heavy atom. The second kappa shape index (κ2) is 10.9. The number of carbonyl (C=O) groups excluding carboxylic acids is 1. The summed E-state index contributed by atoms with van der Waals surface area (Å²) < 4.78 is 10.3. The van der Waals surface area contributed by atoms with Crippen LogP contribution in [0.3, 0.4) is 0 Å². The van der Waals surface area contributed by atoms with Gasteiger partial charge in [0.2, 0.25) is 0 Å². The van der Waals surface area contributed by atoms with Crippen molar-refractivity contribution >= 4 is 5.97 Å². The lowest BCUT2D eigenvalue weighted by Crippen LogP contribution is -2.22. The van der Waals surface area contributed by atoms with Gasteiger partial charge in [-0.05, 0) is 13.0 Å². The minimum Gasteiger partial charge on any atom is -0.463 e. The summed E-state index contributed by atoms with van der Waals surface area (Å²) in [5.41, 5.74) is 0. The monoisotopic (exact) mass is 231 g/mol. The molecule has 0 spiro atoms. The zero-order chi connectivity index (χ0) is 12.2. The van der Waals surface area contributed by atoms with Gasteiger partial charge in [0.05, 0.1) is 19.1 Å². The number of esters is 1. The molecule has 0 radical (unpaired) electrons. The van der Waals surface area contributed by atoms with Crippen molar-refractivity contribution in [2.75, 3.05) is 32.9 Å². The van der Waals surface area contributed by atoms with Crippen molar-refractivity contribution in [3.05, 3.63) is 0 Å². The van der Waals surface area contributed by atoms with Crippen LogP contribution in [0.5, 0.6) is 0 Å². The molecule has 4 nitrogen and oxygen atoms in total. The van der Waals surface area contributed by atoms with Gasteiger partial charge in [0, 0.05) is 6.54 Å². The van der Waals surface area contributed by atoms with Crippen LogP contribution in [0.2, 0.25) is 0 Å². The first kappa shape index (κ1) is 15.4. The van der Waals surface area contributed by atoms with E-state index in [0.29, 0.717) is 19.8 Å². The summed E-state index contributed by atoms with van der Waals surface area (Å²) in [4.78, 5) is 11.1. The van der Waals surface area contributed by atoms with Crippen LogP contribution in [0.4, 0.5) is 0 Å². The molecule has 0 rings (SSSR count). The van der Waals surface area contributed by atoms with Crippen LogP contribution in [0, 0.1) is 5.92 Å². The van der Waals surface area contributed by atoms with E-state index in [2.05, 4.69) is 12.2 Å². The average Bonchev–Trinajstić information content (AvgIpc) is 2.26. The third-order valence-electron chi connectivity index (χ3n) is 2.07. The third-order valence-corrected chi connectivity index (χ3v) is 2.07. The lowest BCUT2D eigenvalue weighted by molar-refractivity contribution is -0.148. The molecular weight excluding hydrogens is 206 g/mol. The highest BCUT2D eigenvalue weighted by molar-refractivity contribution is 5.71. The molecule has 0 saturated carbocycles. The molecule has 0 aliphatic carbocycles. The predicted octanol–water partition coefficient (Wildman–Crippen LogP) is 1.59. The molecule has 0 aromatic rings. The van der Waals surface area contributed by atoms with Gasteiger partial charge in [0.15, 0.2) is 0 Å². The van der Waals surface area contributed by atoms with Crippen molar-refractivity contribution in [1.82, 2.24) is 5.32 Å². The van der Waals surface area contributed by atoms with Crippen LogP contribution < -0.4 is 5.32 Å². The molecular formula is C12H25NO3. The van der Waals surface area contributed by atoms with E-state index < -0.39 is 0 Å². The van der Waals surface area contributed by atoms with Gasteiger partial charge in [-0.3, -0.25) is 4.79 Å². The Balaban J connectivity index is 3.07. The van der Waals surface area contributed by atoms with Crippen molar-refractivity contribution in [2.24, 2.45) is 5.92 Å². The molecule has 0 bridgehead atoms. The predicted molar refractivity (Wildman–Crippen MR) is 64.4 cm³/mol. The number of ether oxygens (including phenoxy) is 2. The van der Waals surface area contributed by atoms with E-state index in [4.69, 9.17) is 9.47 Å². The zero-order valence-corrected chi connectivity index (χ0v) is 10.8. The largest absolute Gasteiger partial charge is 0.463 e. The number of carbonyl (C=O) groups is 1. The van der Waals surface area contributed by atoms with Crippen LogP contribution in [0.15, 0.2) is 0 Å². The molecule has 4 heteroatoms. The lowest BCUT2D eigenvalue weighted by Gasteiger charge is -2.08. The van der Waals surface area contributed by atoms with Crippen molar-refractivity contribution in [2.45, 2.75) is 33.6 Å². The number of hydrogen-bond acceptors (Lipinski definition) is 4. The van der Waals surface area contributed by atoms with Gasteiger partial charge in [-0.25, -0.2) is 0 Å². The first-order valence-electron chi connectivity index (χ1n) is 6.13. The Labute approximate surface area is 98.7 Å². The maximum absolute atomic E-state index is 11.1. The van der Waals surface area contributed by atoms with Gasteiger partial charge in [-0.2, -0.15) is 0 Å². The van der Waals surface area contributed by atoms with Gasteiger partial charge < -0.3 is 14.8 Å². The maximum Gasteiger partial charge on any atom is 0.308 e. The SMILES string of the molecule is CCCCNCCOCCOC(=O)C(C)C. The molecule has 0 aliphatic heterocycles. The van der Waals surface area contributed by atoms with E-state index in [0.717, 1.165) is 13.1 Å². The number of nitrogens with one attached hydrogen (secondary N) is 1. The van der Waals surface area contributed by atoms with Crippen LogP contribution >= 0.6 is 0 Å². The van der Waals surface area contributed by atoms with Gasteiger partial charge in [0.1, 0.15) is 6.61 Å². The topological polar surface area (TPSA) is 47.6 Å². The van der Waals surface area contributed by atoms with Crippen LogP contribution in [0.1, 0.15) is 33.6 Å². The van der Waals surface area contributed by atoms with E-state index in [1.54, 1.807) is 0 Å². The molecule has 96 valence electrons. The van der Waals surface area contributed by atoms with Gasteiger partial charge in [-0.15, -0.1) is 0 Å². The molecule has 0 aromatic heterocycles. The van der Waals surface area contributed by atoms with Crippen molar-refractivity contribution < 1.29 is 14.3 Å². The highest BCUT2D eigenvalue weighted by atomic mass is 16.6. The summed E-state index contributed by atoms with van der Waals surface area (Å²) in [5.74, 6) is -0.222. The van der Waals surface area contributed by atoms with E-state index in [1.807, 2.05) is 13.8 Å². The summed E-state index contributed by atoms with van der Waals surface area (Å²) >= 11 is 0. The fourth-order valence-electron chi connectivity index (χ4n) is 1.04. The highest BCUT2D eigenvalue weighted by Gasteiger charge is 2.06. The molecule has 0 heterocycles. The molecule has 0 amide bonds. The van der Waals surface area contributed by atoms with Crippen LogP contribution in [-0.4, -0.2) is 38.9 Å². The number of hydrogen-bond donors (Lipinski definition) is 1. The van der Waals surface area contributed by atoms with Gasteiger partial charge in [0.25, 0.3) is 0 Å². The summed E-state index contributed by atoms with van der Waals surface area (Å²) in [6.07, 6.45) is 2.41. The zero-order valence-electron chi connectivity index (χ0n) is 10.8. The van der Waals surface area contributed by atoms with E-state index >= 15 is 0 Å². The fraction of sp³-hybridized carbons (Fsp3) is 0.917. The second-order valence-corrected chi connectivity index (χ2v) is 4.04. The highest BCUT2D eigenvalue weighted by Crippen LogP contribution is 1.95. The quantitative estimate of drug-likeness (QED) is 0.458. The minimum atomic E-state index is -0.162. The van der Waals surface area contributed by atoms with E-state index in [-0.39, 0.29) is 11.9 Å². The van der Waals surface area contributed by atoms with Crippen molar-refractivity contribution in [1.29, 1.82) is 0 Å². The molecule has 1 N–H and O–H groups in total. The Morgan fingerprint density at radius 3 is 2.56 bits per heavy atom. The van der Waals surface area contributed by atoms with Crippen molar-refractivity contribution in [3.8, 4) is 0 Å². The number of rotatable bonds is 10. The second-order valence-electron chi connectivity index (χ2n) is 4.04. The average molecular weight is 231 g/mol. The van der Waals surface area contributed by atoms with Gasteiger partial charge in [-0.1, -0.05) is 27.2 Å². The minimum absolute atomic E-state index is 0.0595. The van der Waals surface area contributed by atoms with Gasteiger partial charge >= 0.3 is 5.97 Å². The Bertz CT molecular complexity index is 172. The molecule has 0 aliphatic rings. The molecule has 0 aromatic carbocycles. The van der Waals surface area contributed by atoms with Crippen LogP contribution in [-0.2, 0) is 14.3 Å². The standard InChI is InChI=1S/C12H25NO3/c1-4-5-6-13-7-8-15-9-10-16-12(14)11(2)3/h11,13H,4-10H2,1-3H3. The smallest absolute Gasteiger partial charge is 0.308 e. The first-order chi connectivity index (χ1) is 7.68.